The number of hydrogen-bond donors (Lipinski definition) is 0. The predicted molar refractivity (Wildman–Crippen MR) is 87.6 cm³/mol. The summed E-state index contributed by atoms with van der Waals surface area (Å²) in [7, 11) is 3.07. The van der Waals surface area contributed by atoms with Crippen molar-refractivity contribution in [1.82, 2.24) is 4.90 Å². The molecule has 5 heteroatoms. The normalized spacial score (nSPS) is 13.3. The molecular formula is C17H15NO3S. The summed E-state index contributed by atoms with van der Waals surface area (Å²) in [5.41, 5.74) is 2.22. The number of benzene rings is 2. The lowest BCUT2D eigenvalue weighted by molar-refractivity contribution is 0.0851. The molecule has 0 bridgehead atoms. The zero-order valence-corrected chi connectivity index (χ0v) is 13.1. The van der Waals surface area contributed by atoms with Crippen molar-refractivity contribution in [3.8, 4) is 11.5 Å². The molecule has 2 aromatic rings. The molecule has 0 saturated heterocycles. The molecule has 0 N–H and O–H groups in total. The van der Waals surface area contributed by atoms with Gasteiger partial charge in [-0.1, -0.05) is 42.5 Å². The molecule has 4 nitrogen and oxygen atoms in total. The molecule has 1 aliphatic heterocycles. The molecule has 0 spiro atoms. The first kappa shape index (κ1) is 14.5. The lowest BCUT2D eigenvalue weighted by Crippen LogP contribution is -2.28. The molecule has 2 aromatic carbocycles. The van der Waals surface area contributed by atoms with Crippen LogP contribution in [0.25, 0.3) is 0 Å². The fourth-order valence-corrected chi connectivity index (χ4v) is 2.92. The van der Waals surface area contributed by atoms with Gasteiger partial charge in [-0.3, -0.25) is 9.69 Å². The van der Waals surface area contributed by atoms with Crippen molar-refractivity contribution in [2.75, 3.05) is 14.2 Å². The third-order valence-corrected chi connectivity index (χ3v) is 4.10. The molecule has 0 unspecified atom stereocenters. The average molecular weight is 313 g/mol. The molecule has 1 heterocycles. The van der Waals surface area contributed by atoms with E-state index in [0.29, 0.717) is 34.2 Å². The Bertz CT molecular complexity index is 743. The summed E-state index contributed by atoms with van der Waals surface area (Å²) in [6, 6.07) is 13.3. The van der Waals surface area contributed by atoms with Crippen LogP contribution in [0, 0.1) is 0 Å². The Balaban J connectivity index is 2.02. The molecular weight excluding hydrogens is 298 g/mol. The Morgan fingerprint density at radius 2 is 1.77 bits per heavy atom. The van der Waals surface area contributed by atoms with Gasteiger partial charge in [-0.2, -0.15) is 0 Å². The van der Waals surface area contributed by atoms with E-state index in [1.165, 1.54) is 7.11 Å². The van der Waals surface area contributed by atoms with Gasteiger partial charge in [0, 0.05) is 5.56 Å². The van der Waals surface area contributed by atoms with Crippen molar-refractivity contribution in [3.63, 3.8) is 0 Å². The highest BCUT2D eigenvalue weighted by Gasteiger charge is 2.36. The van der Waals surface area contributed by atoms with Gasteiger partial charge in [-0.05, 0) is 17.7 Å². The van der Waals surface area contributed by atoms with Crippen molar-refractivity contribution in [2.45, 2.75) is 6.54 Å². The topological polar surface area (TPSA) is 38.8 Å². The van der Waals surface area contributed by atoms with E-state index >= 15 is 0 Å². The van der Waals surface area contributed by atoms with Crippen LogP contribution in [-0.2, 0) is 6.54 Å². The van der Waals surface area contributed by atoms with Crippen LogP contribution in [0.3, 0.4) is 0 Å². The number of ether oxygens (including phenoxy) is 2. The van der Waals surface area contributed by atoms with E-state index in [2.05, 4.69) is 0 Å². The fraction of sp³-hybridized carbons (Fsp3) is 0.176. The summed E-state index contributed by atoms with van der Waals surface area (Å²) in [5, 5.41) is 0. The Morgan fingerprint density at radius 3 is 2.41 bits per heavy atom. The van der Waals surface area contributed by atoms with Crippen LogP contribution in [0.1, 0.15) is 21.5 Å². The third-order valence-electron chi connectivity index (χ3n) is 3.66. The third kappa shape index (κ3) is 2.23. The maximum Gasteiger partial charge on any atom is 0.263 e. The minimum Gasteiger partial charge on any atom is -0.493 e. The van der Waals surface area contributed by atoms with E-state index in [1.807, 2.05) is 36.4 Å². The first-order valence-corrected chi connectivity index (χ1v) is 7.23. The second kappa shape index (κ2) is 5.77. The molecule has 0 aromatic heterocycles. The number of fused-ring (bicyclic) bond motifs is 1. The van der Waals surface area contributed by atoms with Crippen molar-refractivity contribution < 1.29 is 14.3 Å². The molecule has 3 rings (SSSR count). The second-order valence-electron chi connectivity index (χ2n) is 4.91. The summed E-state index contributed by atoms with van der Waals surface area (Å²) in [6.45, 7) is 0.443. The van der Waals surface area contributed by atoms with Gasteiger partial charge in [0.15, 0.2) is 11.5 Å². The van der Waals surface area contributed by atoms with Crippen LogP contribution in [0.2, 0.25) is 0 Å². The maximum atomic E-state index is 12.8. The van der Waals surface area contributed by atoms with Crippen LogP contribution < -0.4 is 9.47 Å². The molecule has 0 aliphatic carbocycles. The minimum absolute atomic E-state index is 0.153. The number of hydrogen-bond acceptors (Lipinski definition) is 4. The Labute approximate surface area is 134 Å². The van der Waals surface area contributed by atoms with E-state index in [9.17, 15) is 4.79 Å². The van der Waals surface area contributed by atoms with Crippen LogP contribution in [0.4, 0.5) is 0 Å². The van der Waals surface area contributed by atoms with E-state index in [4.69, 9.17) is 21.7 Å². The first-order chi connectivity index (χ1) is 10.7. The monoisotopic (exact) mass is 313 g/mol. The van der Waals surface area contributed by atoms with Crippen LogP contribution in [0.5, 0.6) is 11.5 Å². The van der Waals surface area contributed by atoms with E-state index in [-0.39, 0.29) is 5.91 Å². The number of nitrogens with zero attached hydrogens (tertiary/aromatic N) is 1. The quantitative estimate of drug-likeness (QED) is 0.813. The van der Waals surface area contributed by atoms with Gasteiger partial charge >= 0.3 is 0 Å². The summed E-state index contributed by atoms with van der Waals surface area (Å²) < 4.78 is 10.6. The molecule has 0 fully saturated rings. The molecule has 1 amide bonds. The van der Waals surface area contributed by atoms with E-state index < -0.39 is 0 Å². The SMILES string of the molecule is COc1ccc2c(c1OC)C(=O)N(Cc1ccccc1)C2=S. The zero-order valence-electron chi connectivity index (χ0n) is 12.3. The smallest absolute Gasteiger partial charge is 0.263 e. The standard InChI is InChI=1S/C17H15NO3S/c1-20-13-9-8-12-14(15(13)21-2)16(19)18(17(12)22)10-11-6-4-3-5-7-11/h3-9H,10H2,1-2H3. The number of methoxy groups -OCH3 is 2. The lowest BCUT2D eigenvalue weighted by Gasteiger charge is -2.16. The average Bonchev–Trinajstić information content (AvgIpc) is 2.80. The summed E-state index contributed by atoms with van der Waals surface area (Å²) in [5.74, 6) is 0.807. The maximum absolute atomic E-state index is 12.8. The van der Waals surface area contributed by atoms with Crippen LogP contribution >= 0.6 is 12.2 Å². The van der Waals surface area contributed by atoms with Gasteiger partial charge in [0.05, 0.1) is 26.3 Å². The number of rotatable bonds is 4. The van der Waals surface area contributed by atoms with Gasteiger partial charge in [0.1, 0.15) is 4.99 Å². The van der Waals surface area contributed by atoms with Crippen molar-refractivity contribution in [1.29, 1.82) is 0 Å². The van der Waals surface area contributed by atoms with Crippen LogP contribution in [0.15, 0.2) is 42.5 Å². The number of carbonyl (C=O) groups is 1. The Morgan fingerprint density at radius 1 is 1.05 bits per heavy atom. The second-order valence-corrected chi connectivity index (χ2v) is 5.29. The molecule has 22 heavy (non-hydrogen) atoms. The Kier molecular flexibility index (Phi) is 3.81. The van der Waals surface area contributed by atoms with Gasteiger partial charge in [0.2, 0.25) is 0 Å². The molecule has 0 atom stereocenters. The zero-order chi connectivity index (χ0) is 15.7. The summed E-state index contributed by atoms with van der Waals surface area (Å²) in [4.78, 5) is 14.9. The van der Waals surface area contributed by atoms with E-state index in [1.54, 1.807) is 18.1 Å². The highest BCUT2D eigenvalue weighted by molar-refractivity contribution is 7.80. The predicted octanol–water partition coefficient (Wildman–Crippen LogP) is 3.04. The van der Waals surface area contributed by atoms with Gasteiger partial charge in [-0.25, -0.2) is 0 Å². The Hall–Kier alpha value is -2.40. The largest absolute Gasteiger partial charge is 0.493 e. The highest BCUT2D eigenvalue weighted by Crippen LogP contribution is 2.38. The van der Waals surface area contributed by atoms with Crippen molar-refractivity contribution in [2.24, 2.45) is 0 Å². The number of thiocarbonyl (C=S) groups is 1. The van der Waals surface area contributed by atoms with Gasteiger partial charge in [0.25, 0.3) is 5.91 Å². The molecule has 0 saturated carbocycles. The molecule has 1 aliphatic rings. The molecule has 0 radical (unpaired) electrons. The molecule has 112 valence electrons. The van der Waals surface area contributed by atoms with E-state index in [0.717, 1.165) is 5.56 Å². The van der Waals surface area contributed by atoms with Gasteiger partial charge in [-0.15, -0.1) is 0 Å². The highest BCUT2D eigenvalue weighted by atomic mass is 32.1. The number of amides is 1. The summed E-state index contributed by atoms with van der Waals surface area (Å²) >= 11 is 5.47. The van der Waals surface area contributed by atoms with Crippen LogP contribution in [-0.4, -0.2) is 30.0 Å². The lowest BCUT2D eigenvalue weighted by atomic mass is 10.1. The minimum atomic E-state index is -0.153. The number of carbonyl (C=O) groups excluding carboxylic acids is 1. The van der Waals surface area contributed by atoms with Gasteiger partial charge < -0.3 is 9.47 Å². The first-order valence-electron chi connectivity index (χ1n) is 6.82. The fourth-order valence-electron chi connectivity index (χ4n) is 2.60. The summed E-state index contributed by atoms with van der Waals surface area (Å²) in [6.07, 6.45) is 0. The van der Waals surface area contributed by atoms with Crippen molar-refractivity contribution >= 4 is 23.1 Å². The van der Waals surface area contributed by atoms with Crippen molar-refractivity contribution in [3.05, 3.63) is 59.2 Å².